The minimum Gasteiger partial charge on any atom is -0.0795 e. The lowest BCUT2D eigenvalue weighted by atomic mass is 9.79. The largest absolute Gasteiger partial charge is 0.0795 e. The fraction of sp³-hybridized carbons (Fsp3) is 0.167. The van der Waals surface area contributed by atoms with E-state index in [0.29, 0.717) is 0 Å². The molecule has 0 unspecified atom stereocenters. The molecule has 0 heterocycles. The number of allylic oxidation sites excluding steroid dienone is 2. The molecular weight excluding hydrogens is 288 g/mol. The van der Waals surface area contributed by atoms with Gasteiger partial charge < -0.3 is 0 Å². The number of aryl methyl sites for hydroxylation is 2. The van der Waals surface area contributed by atoms with Crippen LogP contribution in [0.3, 0.4) is 0 Å². The van der Waals surface area contributed by atoms with Gasteiger partial charge in [0.1, 0.15) is 0 Å². The van der Waals surface area contributed by atoms with E-state index in [-0.39, 0.29) is 0 Å². The van der Waals surface area contributed by atoms with Gasteiger partial charge in [-0.05, 0) is 98.5 Å². The number of hydrogen-bond acceptors (Lipinski definition) is 0. The molecule has 0 heteroatoms. The SMILES string of the molecule is Cc1cc2cc3c4c(c(C)cc5cc6c(c1C=CC6)c2c54)CC=C3. The monoisotopic (exact) mass is 306 g/mol. The van der Waals surface area contributed by atoms with E-state index in [2.05, 4.69) is 62.4 Å². The van der Waals surface area contributed by atoms with E-state index in [9.17, 15) is 0 Å². The van der Waals surface area contributed by atoms with Crippen molar-refractivity contribution < 1.29 is 0 Å². The van der Waals surface area contributed by atoms with E-state index in [1.54, 1.807) is 0 Å². The molecule has 0 saturated carbocycles. The Labute approximate surface area is 141 Å². The molecule has 4 aromatic rings. The van der Waals surface area contributed by atoms with Crippen molar-refractivity contribution in [2.24, 2.45) is 0 Å². The summed E-state index contributed by atoms with van der Waals surface area (Å²) < 4.78 is 0. The molecule has 0 aromatic heterocycles. The van der Waals surface area contributed by atoms with Gasteiger partial charge in [-0.3, -0.25) is 0 Å². The van der Waals surface area contributed by atoms with Crippen LogP contribution in [0.1, 0.15) is 33.4 Å². The van der Waals surface area contributed by atoms with Crippen molar-refractivity contribution >= 4 is 44.5 Å². The Balaban J connectivity index is 2.03. The van der Waals surface area contributed by atoms with Gasteiger partial charge >= 0.3 is 0 Å². The summed E-state index contributed by atoms with van der Waals surface area (Å²) in [5.74, 6) is 0. The first-order chi connectivity index (χ1) is 11.7. The quantitative estimate of drug-likeness (QED) is 0.332. The molecule has 0 atom stereocenters. The standard InChI is InChI=1S/C24H18/c1-13-9-17-11-16-6-4-8-20-14(2)10-18-12-15-5-3-7-19(13)21(15)23(17)24(18)22(16)20/h3-5,8-12H,6-7H2,1-2H3. The molecule has 0 spiro atoms. The summed E-state index contributed by atoms with van der Waals surface area (Å²) in [5, 5.41) is 8.79. The zero-order chi connectivity index (χ0) is 16.0. The van der Waals surface area contributed by atoms with E-state index in [1.165, 1.54) is 65.7 Å². The molecular formula is C24H18. The molecule has 0 N–H and O–H groups in total. The molecule has 114 valence electrons. The average Bonchev–Trinajstić information content (AvgIpc) is 2.59. The molecule has 0 nitrogen and oxygen atoms in total. The van der Waals surface area contributed by atoms with E-state index < -0.39 is 0 Å². The molecule has 0 saturated heterocycles. The summed E-state index contributed by atoms with van der Waals surface area (Å²) in [6, 6.07) is 9.65. The lowest BCUT2D eigenvalue weighted by Gasteiger charge is -2.24. The van der Waals surface area contributed by atoms with Crippen molar-refractivity contribution in [3.8, 4) is 0 Å². The van der Waals surface area contributed by atoms with Crippen molar-refractivity contribution in [3.05, 3.63) is 69.8 Å². The van der Waals surface area contributed by atoms with Gasteiger partial charge in [-0.2, -0.15) is 0 Å². The summed E-state index contributed by atoms with van der Waals surface area (Å²) in [6.45, 7) is 4.52. The molecule has 6 rings (SSSR count). The molecule has 0 aliphatic heterocycles. The van der Waals surface area contributed by atoms with E-state index in [1.807, 2.05) is 0 Å². The van der Waals surface area contributed by atoms with Gasteiger partial charge in [-0.15, -0.1) is 0 Å². The predicted molar refractivity (Wildman–Crippen MR) is 105 cm³/mol. The molecule has 24 heavy (non-hydrogen) atoms. The highest BCUT2D eigenvalue weighted by atomic mass is 14.2. The second kappa shape index (κ2) is 4.08. The normalized spacial score (nSPS) is 15.2. The maximum Gasteiger partial charge on any atom is -0.00172 e. The average molecular weight is 306 g/mol. The van der Waals surface area contributed by atoms with Crippen LogP contribution in [0.25, 0.3) is 44.5 Å². The van der Waals surface area contributed by atoms with Crippen molar-refractivity contribution in [3.63, 3.8) is 0 Å². The fourth-order valence-corrected chi connectivity index (χ4v) is 5.04. The lowest BCUT2D eigenvalue weighted by Crippen LogP contribution is -2.02. The Morgan fingerprint density at radius 1 is 0.667 bits per heavy atom. The highest BCUT2D eigenvalue weighted by molar-refractivity contribution is 6.28. The summed E-state index contributed by atoms with van der Waals surface area (Å²) in [6.07, 6.45) is 11.4. The maximum absolute atomic E-state index is 2.45. The highest BCUT2D eigenvalue weighted by Crippen LogP contribution is 2.45. The van der Waals surface area contributed by atoms with Crippen LogP contribution in [0.5, 0.6) is 0 Å². The van der Waals surface area contributed by atoms with Crippen LogP contribution in [-0.4, -0.2) is 0 Å². The Morgan fingerprint density at radius 3 is 2.33 bits per heavy atom. The van der Waals surface area contributed by atoms with Crippen molar-refractivity contribution in [2.75, 3.05) is 0 Å². The van der Waals surface area contributed by atoms with Crippen LogP contribution >= 0.6 is 0 Å². The number of benzene rings is 4. The molecule has 2 aliphatic rings. The predicted octanol–water partition coefficient (Wildman–Crippen LogP) is 6.34. The van der Waals surface area contributed by atoms with Crippen LogP contribution < -0.4 is 0 Å². The van der Waals surface area contributed by atoms with E-state index in [0.717, 1.165) is 12.8 Å². The second-order valence-corrected chi connectivity index (χ2v) is 7.44. The summed E-state index contributed by atoms with van der Waals surface area (Å²) >= 11 is 0. The third-order valence-corrected chi connectivity index (χ3v) is 6.04. The van der Waals surface area contributed by atoms with Gasteiger partial charge in [-0.1, -0.05) is 42.5 Å². The van der Waals surface area contributed by atoms with Crippen LogP contribution in [0.15, 0.2) is 36.4 Å². The fourth-order valence-electron chi connectivity index (χ4n) is 5.04. The molecule has 2 aliphatic carbocycles. The van der Waals surface area contributed by atoms with Gasteiger partial charge in [0.25, 0.3) is 0 Å². The highest BCUT2D eigenvalue weighted by Gasteiger charge is 2.22. The zero-order valence-corrected chi connectivity index (χ0v) is 14.0. The Bertz CT molecular complexity index is 1240. The Kier molecular flexibility index (Phi) is 2.17. The molecule has 4 aromatic carbocycles. The van der Waals surface area contributed by atoms with Crippen LogP contribution in [0.4, 0.5) is 0 Å². The third-order valence-electron chi connectivity index (χ3n) is 6.04. The number of hydrogen-bond donors (Lipinski definition) is 0. The van der Waals surface area contributed by atoms with Crippen LogP contribution in [0.2, 0.25) is 0 Å². The van der Waals surface area contributed by atoms with E-state index in [4.69, 9.17) is 0 Å². The first-order valence-corrected chi connectivity index (χ1v) is 8.83. The van der Waals surface area contributed by atoms with Crippen molar-refractivity contribution in [1.29, 1.82) is 0 Å². The summed E-state index contributed by atoms with van der Waals surface area (Å²) in [7, 11) is 0. The van der Waals surface area contributed by atoms with Gasteiger partial charge in [-0.25, -0.2) is 0 Å². The van der Waals surface area contributed by atoms with Crippen molar-refractivity contribution in [1.82, 2.24) is 0 Å². The number of rotatable bonds is 0. The topological polar surface area (TPSA) is 0 Å². The van der Waals surface area contributed by atoms with Crippen LogP contribution in [-0.2, 0) is 12.8 Å². The first-order valence-electron chi connectivity index (χ1n) is 8.83. The first kappa shape index (κ1) is 12.8. The summed E-state index contributed by atoms with van der Waals surface area (Å²) in [5.41, 5.74) is 8.65. The minimum absolute atomic E-state index is 1.05. The van der Waals surface area contributed by atoms with Crippen LogP contribution in [0, 0.1) is 13.8 Å². The molecule has 0 fully saturated rings. The lowest BCUT2D eigenvalue weighted by molar-refractivity contribution is 1.24. The zero-order valence-electron chi connectivity index (χ0n) is 14.0. The Morgan fingerprint density at radius 2 is 1.42 bits per heavy atom. The van der Waals surface area contributed by atoms with Gasteiger partial charge in [0.2, 0.25) is 0 Å². The van der Waals surface area contributed by atoms with Crippen molar-refractivity contribution in [2.45, 2.75) is 26.7 Å². The minimum atomic E-state index is 1.05. The second-order valence-electron chi connectivity index (χ2n) is 7.44. The van der Waals surface area contributed by atoms with E-state index >= 15 is 0 Å². The molecule has 0 bridgehead atoms. The smallest absolute Gasteiger partial charge is 0.00172 e. The Hall–Kier alpha value is -2.60. The summed E-state index contributed by atoms with van der Waals surface area (Å²) in [4.78, 5) is 0. The molecule has 0 amide bonds. The van der Waals surface area contributed by atoms with Gasteiger partial charge in [0.15, 0.2) is 0 Å². The third kappa shape index (κ3) is 1.36. The molecule has 0 radical (unpaired) electrons. The maximum atomic E-state index is 2.45. The van der Waals surface area contributed by atoms with Gasteiger partial charge in [0, 0.05) is 0 Å². The van der Waals surface area contributed by atoms with Gasteiger partial charge in [0.05, 0.1) is 0 Å².